The zero-order valence-electron chi connectivity index (χ0n) is 11.9. The molecule has 0 saturated heterocycles. The van der Waals surface area contributed by atoms with Gasteiger partial charge in [0.1, 0.15) is 0 Å². The second kappa shape index (κ2) is 11.7. The van der Waals surface area contributed by atoms with E-state index in [-0.39, 0.29) is 76.9 Å². The van der Waals surface area contributed by atoms with Crippen LogP contribution in [-0.4, -0.2) is 10.9 Å². The maximum Gasteiger partial charge on any atom is 1.00 e. The molecule has 20 heavy (non-hydrogen) atoms. The number of hydrogen-bond acceptors (Lipinski definition) is 6. The summed E-state index contributed by atoms with van der Waals surface area (Å²) in [6.07, 6.45) is 4.89. The summed E-state index contributed by atoms with van der Waals surface area (Å²) in [5.41, 5.74) is 0. The fourth-order valence-corrected chi connectivity index (χ4v) is 4.83. The van der Waals surface area contributed by atoms with Crippen molar-refractivity contribution in [3.05, 3.63) is 0 Å². The summed E-state index contributed by atoms with van der Waals surface area (Å²) < 4.78 is 21.7. The Hall–Kier alpha value is 2.26. The Balaban J connectivity index is -0.000000963. The molecule has 1 saturated carbocycles. The van der Waals surface area contributed by atoms with Gasteiger partial charge in [0.15, 0.2) is 0 Å². The van der Waals surface area contributed by atoms with Gasteiger partial charge in [0.05, 0.1) is 0 Å². The molecule has 0 spiro atoms. The summed E-state index contributed by atoms with van der Waals surface area (Å²) in [4.78, 5) is 43.4. The van der Waals surface area contributed by atoms with E-state index in [2.05, 4.69) is 0 Å². The summed E-state index contributed by atoms with van der Waals surface area (Å²) in [7, 11) is -10.7. The van der Waals surface area contributed by atoms with Crippen molar-refractivity contribution in [1.29, 1.82) is 0 Å². The second-order valence-corrected chi connectivity index (χ2v) is 8.47. The Morgan fingerprint density at radius 3 is 1.50 bits per heavy atom. The topological polar surface area (TPSA) is 158 Å². The maximum atomic E-state index is 10.8. The molecule has 0 unspecified atom stereocenters. The molecule has 110 valence electrons. The molecule has 1 aliphatic carbocycles. The van der Waals surface area contributed by atoms with Crippen LogP contribution in [0.3, 0.4) is 0 Å². The molecular weight excluding hydrogens is 328 g/mol. The predicted octanol–water partition coefficient (Wildman–Crippen LogP) is -7.32. The van der Waals surface area contributed by atoms with Gasteiger partial charge >= 0.3 is 59.1 Å². The molecule has 1 aliphatic rings. The summed E-state index contributed by atoms with van der Waals surface area (Å²) in [6, 6.07) is 0. The van der Waals surface area contributed by atoms with Crippen LogP contribution in [0.4, 0.5) is 0 Å². The molecule has 7 nitrogen and oxygen atoms in total. The zero-order chi connectivity index (χ0) is 13.1. The molecule has 0 atom stereocenters. The van der Waals surface area contributed by atoms with Crippen LogP contribution in [0.2, 0.25) is 0 Å². The molecule has 1 fully saturated rings. The molecule has 0 amide bonds. The third-order valence-electron chi connectivity index (χ3n) is 3.25. The van der Waals surface area contributed by atoms with Crippen LogP contribution in [0, 0.1) is 5.92 Å². The Morgan fingerprint density at radius 2 is 1.20 bits per heavy atom. The minimum atomic E-state index is -5.37. The van der Waals surface area contributed by atoms with E-state index in [1.165, 1.54) is 0 Å². The average molecular weight is 346 g/mol. The average Bonchev–Trinajstić information content (AvgIpc) is 2.38. The van der Waals surface area contributed by atoms with Gasteiger partial charge < -0.3 is 34.2 Å². The van der Waals surface area contributed by atoms with Crippen molar-refractivity contribution >= 4 is 15.2 Å². The van der Waals surface area contributed by atoms with Crippen LogP contribution in [-0.2, 0) is 9.13 Å². The first kappa shape index (κ1) is 27.1. The Morgan fingerprint density at radius 1 is 0.850 bits per heavy atom. The van der Waals surface area contributed by atoms with Crippen LogP contribution >= 0.6 is 15.2 Å². The van der Waals surface area contributed by atoms with Crippen molar-refractivity contribution in [2.24, 2.45) is 5.92 Å². The first-order valence-corrected chi connectivity index (χ1v) is 8.97. The Bertz CT molecular complexity index is 313. The van der Waals surface area contributed by atoms with Crippen molar-refractivity contribution in [2.75, 3.05) is 0 Å². The normalized spacial score (nSPS) is 17.4. The maximum absolute atomic E-state index is 10.8. The number of rotatable bonds is 4. The van der Waals surface area contributed by atoms with E-state index in [0.717, 1.165) is 25.7 Å². The summed E-state index contributed by atoms with van der Waals surface area (Å²) in [5, 5.41) is -2.27. The largest absolute Gasteiger partial charge is 1.00 e. The van der Waals surface area contributed by atoms with Gasteiger partial charge in [0, 0.05) is 5.40 Å². The van der Waals surface area contributed by atoms with Crippen molar-refractivity contribution in [3.63, 3.8) is 0 Å². The molecule has 2 N–H and O–H groups in total. The van der Waals surface area contributed by atoms with Gasteiger partial charge in [-0.3, -0.25) is 0 Å². The van der Waals surface area contributed by atoms with Gasteiger partial charge in [0.25, 0.3) is 0 Å². The van der Waals surface area contributed by atoms with Gasteiger partial charge in [0.2, 0.25) is 0 Å². The van der Waals surface area contributed by atoms with Crippen LogP contribution in [0.25, 0.3) is 0 Å². The van der Waals surface area contributed by atoms with Gasteiger partial charge in [-0.2, -0.15) is 0 Å². The molecule has 0 radical (unpaired) electrons. The van der Waals surface area contributed by atoms with Gasteiger partial charge in [-0.05, 0) is 12.3 Å². The van der Waals surface area contributed by atoms with Crippen molar-refractivity contribution in [1.82, 2.24) is 0 Å². The van der Waals surface area contributed by atoms with Crippen molar-refractivity contribution < 1.29 is 93.3 Å². The fourth-order valence-electron chi connectivity index (χ4n) is 2.33. The molecular formula is C9H18Na2O7P2-2. The standard InChI is InChI=1S/C9H20O6P2.2Na.H2O/c10-16(11,12)9(17(13,14)15)7-8-5-3-1-2-4-6-8;;;/h8-9H,1-7H2,(H2,10,11,12)(H2,13,14,15);;;1H2/q;2*+1;/p-4. The van der Waals surface area contributed by atoms with E-state index >= 15 is 0 Å². The van der Waals surface area contributed by atoms with Gasteiger partial charge in [-0.25, -0.2) is 0 Å². The predicted molar refractivity (Wildman–Crippen MR) is 58.4 cm³/mol. The Labute approximate surface area is 163 Å². The van der Waals surface area contributed by atoms with E-state index in [0.29, 0.717) is 12.8 Å². The zero-order valence-corrected chi connectivity index (χ0v) is 17.7. The smallest absolute Gasteiger partial charge is 0.810 e. The monoisotopic (exact) mass is 346 g/mol. The molecule has 0 aromatic heterocycles. The summed E-state index contributed by atoms with van der Waals surface area (Å²) in [5.74, 6) is -0.144. The van der Waals surface area contributed by atoms with E-state index in [9.17, 15) is 28.7 Å². The van der Waals surface area contributed by atoms with Crippen molar-refractivity contribution in [2.45, 2.75) is 50.3 Å². The third kappa shape index (κ3) is 10.1. The van der Waals surface area contributed by atoms with Crippen LogP contribution in [0.15, 0.2) is 0 Å². The van der Waals surface area contributed by atoms with E-state index in [1.54, 1.807) is 0 Å². The van der Waals surface area contributed by atoms with E-state index in [4.69, 9.17) is 0 Å². The SMILES string of the molecule is O.O=P([O-])([O-])C(CC1CCCCCC1)P(=O)([O-])[O-].[Na+].[Na+]. The minimum absolute atomic E-state index is 0. The summed E-state index contributed by atoms with van der Waals surface area (Å²) >= 11 is 0. The molecule has 0 aromatic carbocycles. The molecule has 1 rings (SSSR count). The summed E-state index contributed by atoms with van der Waals surface area (Å²) in [6.45, 7) is 0. The first-order valence-electron chi connectivity index (χ1n) is 5.74. The number of hydrogen-bond donors (Lipinski definition) is 0. The van der Waals surface area contributed by atoms with Crippen LogP contribution < -0.4 is 78.7 Å². The van der Waals surface area contributed by atoms with Gasteiger partial charge in [-0.1, -0.05) is 53.7 Å². The molecule has 0 heterocycles. The van der Waals surface area contributed by atoms with Crippen LogP contribution in [0.5, 0.6) is 0 Å². The molecule has 0 aliphatic heterocycles. The molecule has 11 heteroatoms. The van der Waals surface area contributed by atoms with E-state index < -0.39 is 20.6 Å². The quantitative estimate of drug-likeness (QED) is 0.279. The van der Waals surface area contributed by atoms with Gasteiger partial charge in [-0.15, -0.1) is 0 Å². The van der Waals surface area contributed by atoms with Crippen molar-refractivity contribution in [3.8, 4) is 0 Å². The minimum Gasteiger partial charge on any atom is -0.810 e. The third-order valence-corrected chi connectivity index (χ3v) is 6.83. The molecule has 0 bridgehead atoms. The fraction of sp³-hybridized carbons (Fsp3) is 1.00. The Kier molecular flexibility index (Phi) is 15.9. The van der Waals surface area contributed by atoms with E-state index in [1.807, 2.05) is 0 Å². The molecule has 0 aromatic rings. The van der Waals surface area contributed by atoms with Crippen LogP contribution in [0.1, 0.15) is 44.9 Å². The second-order valence-electron chi connectivity index (χ2n) is 4.65. The first-order chi connectivity index (χ1) is 7.71.